The molecule has 0 bridgehead atoms. The Morgan fingerprint density at radius 2 is 1.79 bits per heavy atom. The molecule has 0 saturated carbocycles. The first-order valence-corrected chi connectivity index (χ1v) is 8.08. The molecule has 0 amide bonds. The highest BCUT2D eigenvalue weighted by Gasteiger charge is 2.32. The van der Waals surface area contributed by atoms with E-state index in [2.05, 4.69) is 25.3 Å². The lowest BCUT2D eigenvalue weighted by Gasteiger charge is -2.09. The van der Waals surface area contributed by atoms with Gasteiger partial charge >= 0.3 is 6.18 Å². The Balaban J connectivity index is 1.98. The molecule has 0 atom stereocenters. The second kappa shape index (κ2) is 6.55. The normalized spacial score (nSPS) is 11.8. The number of alkyl halides is 3. The highest BCUT2D eigenvalue weighted by Crippen LogP contribution is 2.32. The minimum Gasteiger partial charge on any atom is -0.373 e. The first-order chi connectivity index (χ1) is 13.4. The van der Waals surface area contributed by atoms with Gasteiger partial charge in [-0.15, -0.1) is 0 Å². The molecule has 0 fully saturated rings. The zero-order chi connectivity index (χ0) is 19.9. The van der Waals surface area contributed by atoms with Gasteiger partial charge in [0, 0.05) is 13.2 Å². The van der Waals surface area contributed by atoms with Crippen LogP contribution in [0.4, 0.5) is 23.4 Å². The fourth-order valence-electron chi connectivity index (χ4n) is 2.71. The van der Waals surface area contributed by atoms with Gasteiger partial charge in [-0.3, -0.25) is 4.57 Å². The van der Waals surface area contributed by atoms with Crippen LogP contribution in [0, 0.1) is 5.82 Å². The zero-order valence-electron chi connectivity index (χ0n) is 14.4. The number of nitrogens with one attached hydrogen (secondary N) is 1. The number of anilines is 1. The number of hydrogen-bond donors (Lipinski definition) is 1. The van der Waals surface area contributed by atoms with Crippen molar-refractivity contribution in [1.82, 2.24) is 24.5 Å². The van der Waals surface area contributed by atoms with Crippen LogP contribution >= 0.6 is 0 Å². The van der Waals surface area contributed by atoms with E-state index in [1.54, 1.807) is 19.2 Å². The number of nitrogens with zero attached hydrogens (tertiary/aromatic N) is 5. The van der Waals surface area contributed by atoms with Crippen molar-refractivity contribution < 1.29 is 17.6 Å². The number of imidazole rings is 1. The molecule has 4 aromatic rings. The molecule has 0 radical (unpaired) electrons. The molecule has 0 aliphatic heterocycles. The van der Waals surface area contributed by atoms with Gasteiger partial charge < -0.3 is 5.32 Å². The van der Waals surface area contributed by atoms with Crippen LogP contribution in [0.2, 0.25) is 0 Å². The van der Waals surface area contributed by atoms with Crippen LogP contribution in [0.25, 0.3) is 28.4 Å². The number of fused-ring (bicyclic) bond motifs is 1. The number of halogens is 4. The predicted molar refractivity (Wildman–Crippen MR) is 94.4 cm³/mol. The van der Waals surface area contributed by atoms with Crippen LogP contribution in [-0.2, 0) is 6.18 Å². The van der Waals surface area contributed by atoms with Gasteiger partial charge in [-0.1, -0.05) is 0 Å². The van der Waals surface area contributed by atoms with Gasteiger partial charge in [0.15, 0.2) is 11.5 Å². The summed E-state index contributed by atoms with van der Waals surface area (Å²) in [4.78, 5) is 16.5. The third-order valence-corrected chi connectivity index (χ3v) is 4.04. The van der Waals surface area contributed by atoms with Crippen molar-refractivity contribution in [3.63, 3.8) is 0 Å². The maximum absolute atomic E-state index is 13.3. The number of aromatic nitrogens is 5. The molecule has 0 spiro atoms. The molecule has 0 unspecified atom stereocenters. The maximum atomic E-state index is 13.3. The Morgan fingerprint density at radius 1 is 0.964 bits per heavy atom. The lowest BCUT2D eigenvalue weighted by Crippen LogP contribution is -2.06. The molecule has 0 aliphatic carbocycles. The minimum absolute atomic E-state index is 0.0358. The summed E-state index contributed by atoms with van der Waals surface area (Å²) >= 11 is 0. The van der Waals surface area contributed by atoms with E-state index in [9.17, 15) is 17.6 Å². The van der Waals surface area contributed by atoms with Gasteiger partial charge in [0.05, 0.1) is 23.6 Å². The van der Waals surface area contributed by atoms with E-state index in [0.29, 0.717) is 11.5 Å². The zero-order valence-corrected chi connectivity index (χ0v) is 14.4. The van der Waals surface area contributed by atoms with E-state index in [4.69, 9.17) is 0 Å². The molecule has 28 heavy (non-hydrogen) atoms. The second-order valence-electron chi connectivity index (χ2n) is 5.85. The number of rotatable bonds is 3. The average Bonchev–Trinajstić information content (AvgIpc) is 3.06. The van der Waals surface area contributed by atoms with Crippen LogP contribution in [0.3, 0.4) is 0 Å². The van der Waals surface area contributed by atoms with Gasteiger partial charge in [-0.05, 0) is 30.3 Å². The number of hydrogen-bond acceptors (Lipinski definition) is 5. The van der Waals surface area contributed by atoms with Crippen molar-refractivity contribution in [2.24, 2.45) is 0 Å². The Hall–Kier alpha value is -3.56. The summed E-state index contributed by atoms with van der Waals surface area (Å²) in [5, 5.41) is 2.88. The standard InChI is InChI=1S/C18H12F4N6/c1-23-15-5-3-12(9-25-15)28-16-14(6-10(7-26-16)18(20,21)22)27-17(28)13-4-2-11(19)8-24-13/h2-9H,1H3,(H,23,25). The summed E-state index contributed by atoms with van der Waals surface area (Å²) in [7, 11) is 1.71. The minimum atomic E-state index is -4.55. The number of pyridine rings is 3. The van der Waals surface area contributed by atoms with E-state index < -0.39 is 17.6 Å². The summed E-state index contributed by atoms with van der Waals surface area (Å²) in [5.74, 6) is 0.298. The monoisotopic (exact) mass is 388 g/mol. The van der Waals surface area contributed by atoms with Crippen molar-refractivity contribution in [2.75, 3.05) is 12.4 Å². The maximum Gasteiger partial charge on any atom is 0.417 e. The van der Waals surface area contributed by atoms with Crippen molar-refractivity contribution in [3.05, 3.63) is 60.3 Å². The van der Waals surface area contributed by atoms with E-state index in [-0.39, 0.29) is 22.7 Å². The Labute approximate surface area is 155 Å². The molecule has 4 aromatic heterocycles. The van der Waals surface area contributed by atoms with Gasteiger partial charge in [0.2, 0.25) is 0 Å². The molecule has 6 nitrogen and oxygen atoms in total. The summed E-state index contributed by atoms with van der Waals surface area (Å²) < 4.78 is 53.9. The van der Waals surface area contributed by atoms with Crippen LogP contribution in [0.15, 0.2) is 48.9 Å². The molecule has 142 valence electrons. The van der Waals surface area contributed by atoms with E-state index in [0.717, 1.165) is 18.5 Å². The third kappa shape index (κ3) is 3.13. The van der Waals surface area contributed by atoms with Crippen LogP contribution < -0.4 is 5.32 Å². The average molecular weight is 388 g/mol. The fraction of sp³-hybridized carbons (Fsp3) is 0.111. The molecule has 10 heteroatoms. The Morgan fingerprint density at radius 3 is 2.39 bits per heavy atom. The molecule has 4 heterocycles. The SMILES string of the molecule is CNc1ccc(-n2c(-c3ccc(F)cn3)nc3cc(C(F)(F)F)cnc32)cn1. The van der Waals surface area contributed by atoms with E-state index >= 15 is 0 Å². The largest absolute Gasteiger partial charge is 0.417 e. The van der Waals surface area contributed by atoms with Gasteiger partial charge in [0.1, 0.15) is 22.8 Å². The van der Waals surface area contributed by atoms with Crippen molar-refractivity contribution >= 4 is 17.0 Å². The molecule has 0 saturated heterocycles. The molecule has 0 aliphatic rings. The first kappa shape index (κ1) is 17.8. The summed E-state index contributed by atoms with van der Waals surface area (Å²) in [6, 6.07) is 6.93. The van der Waals surface area contributed by atoms with Crippen molar-refractivity contribution in [1.29, 1.82) is 0 Å². The lowest BCUT2D eigenvalue weighted by molar-refractivity contribution is -0.137. The highest BCUT2D eigenvalue weighted by molar-refractivity contribution is 5.79. The van der Waals surface area contributed by atoms with Crippen LogP contribution in [-0.4, -0.2) is 31.6 Å². The molecule has 0 aromatic carbocycles. The summed E-state index contributed by atoms with van der Waals surface area (Å²) in [5.41, 5.74) is 0.134. The van der Waals surface area contributed by atoms with Gasteiger partial charge in [0.25, 0.3) is 0 Å². The Kier molecular flexibility index (Phi) is 4.17. The fourth-order valence-corrected chi connectivity index (χ4v) is 2.71. The first-order valence-electron chi connectivity index (χ1n) is 8.08. The van der Waals surface area contributed by atoms with Gasteiger partial charge in [-0.25, -0.2) is 24.3 Å². The smallest absolute Gasteiger partial charge is 0.373 e. The van der Waals surface area contributed by atoms with E-state index in [1.165, 1.54) is 22.9 Å². The third-order valence-electron chi connectivity index (χ3n) is 4.04. The van der Waals surface area contributed by atoms with Crippen LogP contribution in [0.1, 0.15) is 5.56 Å². The van der Waals surface area contributed by atoms with E-state index in [1.807, 2.05) is 0 Å². The molecular formula is C18H12F4N6. The topological polar surface area (TPSA) is 68.5 Å². The highest BCUT2D eigenvalue weighted by atomic mass is 19.4. The molecule has 1 N–H and O–H groups in total. The van der Waals surface area contributed by atoms with Gasteiger partial charge in [-0.2, -0.15) is 13.2 Å². The summed E-state index contributed by atoms with van der Waals surface area (Å²) in [6.07, 6.45) is -1.26. The molecule has 4 rings (SSSR count). The molecular weight excluding hydrogens is 376 g/mol. The second-order valence-corrected chi connectivity index (χ2v) is 5.85. The van der Waals surface area contributed by atoms with Crippen molar-refractivity contribution in [3.8, 4) is 17.2 Å². The van der Waals surface area contributed by atoms with Crippen molar-refractivity contribution in [2.45, 2.75) is 6.18 Å². The Bertz CT molecular complexity index is 1130. The predicted octanol–water partition coefficient (Wildman–Crippen LogP) is 4.08. The summed E-state index contributed by atoms with van der Waals surface area (Å²) in [6.45, 7) is 0. The quantitative estimate of drug-likeness (QED) is 0.536. The lowest BCUT2D eigenvalue weighted by atomic mass is 10.2. The van der Waals surface area contributed by atoms with Crippen LogP contribution in [0.5, 0.6) is 0 Å².